The maximum atomic E-state index is 12.1. The van der Waals surface area contributed by atoms with Crippen molar-refractivity contribution in [2.45, 2.75) is 6.92 Å². The molecule has 98 valence electrons. The van der Waals surface area contributed by atoms with Crippen LogP contribution in [0, 0.1) is 0 Å². The summed E-state index contributed by atoms with van der Waals surface area (Å²) in [5.41, 5.74) is 1.38. The molecule has 0 radical (unpaired) electrons. The number of carbonyl (C=O) groups is 2. The van der Waals surface area contributed by atoms with Crippen molar-refractivity contribution in [3.63, 3.8) is 0 Å². The van der Waals surface area contributed by atoms with Crippen LogP contribution in [0.2, 0.25) is 0 Å². The Labute approximate surface area is 111 Å². The molecule has 2 rings (SSSR count). The number of hydrogen-bond acceptors (Lipinski definition) is 3. The summed E-state index contributed by atoms with van der Waals surface area (Å²) in [4.78, 5) is 27.0. The van der Waals surface area contributed by atoms with E-state index in [0.29, 0.717) is 18.7 Å². The lowest BCUT2D eigenvalue weighted by molar-refractivity contribution is -0.118. The summed E-state index contributed by atoms with van der Waals surface area (Å²) in [6.07, 6.45) is 1.62. The Bertz CT molecular complexity index is 605. The molecular weight excluding hydrogens is 242 g/mol. The molecule has 0 aliphatic heterocycles. The van der Waals surface area contributed by atoms with E-state index in [0.717, 1.165) is 10.9 Å². The van der Waals surface area contributed by atoms with Gasteiger partial charge in [-0.15, -0.1) is 0 Å². The lowest BCUT2D eigenvalue weighted by Crippen LogP contribution is -2.33. The monoisotopic (exact) mass is 257 g/mol. The maximum Gasteiger partial charge on any atom is 0.252 e. The molecule has 2 amide bonds. The molecule has 0 atom stereocenters. The van der Waals surface area contributed by atoms with Crippen LogP contribution >= 0.6 is 0 Å². The summed E-state index contributed by atoms with van der Waals surface area (Å²) in [6, 6.07) is 9.18. The molecule has 0 unspecified atom stereocenters. The zero-order valence-electron chi connectivity index (χ0n) is 10.6. The third-order valence-electron chi connectivity index (χ3n) is 2.68. The van der Waals surface area contributed by atoms with Gasteiger partial charge in [-0.1, -0.05) is 18.2 Å². The highest BCUT2D eigenvalue weighted by Crippen LogP contribution is 2.15. The van der Waals surface area contributed by atoms with Crippen LogP contribution in [0.4, 0.5) is 0 Å². The van der Waals surface area contributed by atoms with Crippen LogP contribution in [0.25, 0.3) is 10.9 Å². The fraction of sp³-hybridized carbons (Fsp3) is 0.214. The van der Waals surface area contributed by atoms with Crippen LogP contribution in [0.15, 0.2) is 36.5 Å². The van der Waals surface area contributed by atoms with Crippen LogP contribution in [0.5, 0.6) is 0 Å². The van der Waals surface area contributed by atoms with Crippen molar-refractivity contribution in [1.29, 1.82) is 0 Å². The van der Waals surface area contributed by atoms with Crippen molar-refractivity contribution < 1.29 is 9.59 Å². The second kappa shape index (κ2) is 5.95. The number of aromatic nitrogens is 1. The van der Waals surface area contributed by atoms with Gasteiger partial charge in [0.25, 0.3) is 5.91 Å². The van der Waals surface area contributed by atoms with Gasteiger partial charge in [0.15, 0.2) is 0 Å². The minimum Gasteiger partial charge on any atom is -0.355 e. The predicted octanol–water partition coefficient (Wildman–Crippen LogP) is 1.10. The molecular formula is C14H15N3O2. The molecule has 5 nitrogen and oxygen atoms in total. The SMILES string of the molecule is CC(=O)NCCNC(=O)c1ccnc2ccccc12. The van der Waals surface area contributed by atoms with Crippen molar-refractivity contribution in [1.82, 2.24) is 15.6 Å². The Morgan fingerprint density at radius 3 is 2.63 bits per heavy atom. The van der Waals surface area contributed by atoms with Crippen LogP contribution < -0.4 is 10.6 Å². The third kappa shape index (κ3) is 3.28. The standard InChI is InChI=1S/C14H15N3O2/c1-10(18)15-8-9-17-14(19)12-6-7-16-13-5-3-2-4-11(12)13/h2-7H,8-9H2,1H3,(H,15,18)(H,17,19). The van der Waals surface area contributed by atoms with Gasteiger partial charge in [-0.25, -0.2) is 0 Å². The van der Waals surface area contributed by atoms with E-state index >= 15 is 0 Å². The summed E-state index contributed by atoms with van der Waals surface area (Å²) >= 11 is 0. The Hall–Kier alpha value is -2.43. The zero-order valence-corrected chi connectivity index (χ0v) is 10.6. The van der Waals surface area contributed by atoms with E-state index in [1.807, 2.05) is 24.3 Å². The van der Waals surface area contributed by atoms with Gasteiger partial charge in [0, 0.05) is 31.6 Å². The van der Waals surface area contributed by atoms with Crippen molar-refractivity contribution in [3.8, 4) is 0 Å². The molecule has 1 aromatic heterocycles. The normalized spacial score (nSPS) is 10.2. The molecule has 1 heterocycles. The lowest BCUT2D eigenvalue weighted by Gasteiger charge is -2.07. The fourth-order valence-corrected chi connectivity index (χ4v) is 1.80. The van der Waals surface area contributed by atoms with E-state index in [1.165, 1.54) is 6.92 Å². The first-order valence-electron chi connectivity index (χ1n) is 6.05. The van der Waals surface area contributed by atoms with Crippen LogP contribution in [-0.4, -0.2) is 29.9 Å². The highest BCUT2D eigenvalue weighted by molar-refractivity contribution is 6.05. The van der Waals surface area contributed by atoms with E-state index in [9.17, 15) is 9.59 Å². The van der Waals surface area contributed by atoms with E-state index in [2.05, 4.69) is 15.6 Å². The molecule has 2 aromatic rings. The van der Waals surface area contributed by atoms with Gasteiger partial charge < -0.3 is 10.6 Å². The third-order valence-corrected chi connectivity index (χ3v) is 2.68. The fourth-order valence-electron chi connectivity index (χ4n) is 1.80. The quantitative estimate of drug-likeness (QED) is 0.806. The molecule has 0 aliphatic carbocycles. The minimum absolute atomic E-state index is 0.108. The number of nitrogens with one attached hydrogen (secondary N) is 2. The van der Waals surface area contributed by atoms with Gasteiger partial charge >= 0.3 is 0 Å². The molecule has 0 aliphatic rings. The largest absolute Gasteiger partial charge is 0.355 e. The highest BCUT2D eigenvalue weighted by atomic mass is 16.2. The Balaban J connectivity index is 2.07. The lowest BCUT2D eigenvalue weighted by atomic mass is 10.1. The molecule has 0 bridgehead atoms. The average molecular weight is 257 g/mol. The van der Waals surface area contributed by atoms with E-state index in [-0.39, 0.29) is 11.8 Å². The summed E-state index contributed by atoms with van der Waals surface area (Å²) in [5, 5.41) is 6.21. The van der Waals surface area contributed by atoms with Gasteiger partial charge in [-0.3, -0.25) is 14.6 Å². The van der Waals surface area contributed by atoms with Crippen LogP contribution in [-0.2, 0) is 4.79 Å². The number of nitrogens with zero attached hydrogens (tertiary/aromatic N) is 1. The maximum absolute atomic E-state index is 12.1. The predicted molar refractivity (Wildman–Crippen MR) is 72.8 cm³/mol. The van der Waals surface area contributed by atoms with Gasteiger partial charge in [0.2, 0.25) is 5.91 Å². The van der Waals surface area contributed by atoms with Crippen molar-refractivity contribution in [2.24, 2.45) is 0 Å². The Morgan fingerprint density at radius 1 is 1.11 bits per heavy atom. The number of para-hydroxylation sites is 1. The Morgan fingerprint density at radius 2 is 1.84 bits per heavy atom. The topological polar surface area (TPSA) is 71.1 Å². The van der Waals surface area contributed by atoms with Crippen LogP contribution in [0.3, 0.4) is 0 Å². The molecule has 5 heteroatoms. The number of pyridine rings is 1. The van der Waals surface area contributed by atoms with Gasteiger partial charge in [0.1, 0.15) is 0 Å². The summed E-state index contributed by atoms with van der Waals surface area (Å²) in [6.45, 7) is 2.26. The average Bonchev–Trinajstić information content (AvgIpc) is 2.42. The van der Waals surface area contributed by atoms with Gasteiger partial charge in [-0.2, -0.15) is 0 Å². The second-order valence-electron chi connectivity index (χ2n) is 4.11. The first-order valence-corrected chi connectivity index (χ1v) is 6.05. The molecule has 0 spiro atoms. The molecule has 0 saturated heterocycles. The zero-order chi connectivity index (χ0) is 13.7. The van der Waals surface area contributed by atoms with E-state index in [4.69, 9.17) is 0 Å². The van der Waals surface area contributed by atoms with Crippen LogP contribution in [0.1, 0.15) is 17.3 Å². The molecule has 2 N–H and O–H groups in total. The molecule has 0 saturated carbocycles. The number of amides is 2. The number of carbonyl (C=O) groups excluding carboxylic acids is 2. The molecule has 19 heavy (non-hydrogen) atoms. The van der Waals surface area contributed by atoms with Crippen molar-refractivity contribution in [3.05, 3.63) is 42.1 Å². The van der Waals surface area contributed by atoms with Gasteiger partial charge in [0.05, 0.1) is 11.1 Å². The van der Waals surface area contributed by atoms with E-state index in [1.54, 1.807) is 12.3 Å². The number of rotatable bonds is 4. The first-order chi connectivity index (χ1) is 9.18. The number of benzene rings is 1. The van der Waals surface area contributed by atoms with Crippen molar-refractivity contribution >= 4 is 22.7 Å². The number of hydrogen-bond donors (Lipinski definition) is 2. The summed E-state index contributed by atoms with van der Waals surface area (Å²) in [7, 11) is 0. The first kappa shape index (κ1) is 13.0. The summed E-state index contributed by atoms with van der Waals surface area (Å²) in [5.74, 6) is -0.271. The van der Waals surface area contributed by atoms with Gasteiger partial charge in [-0.05, 0) is 12.1 Å². The summed E-state index contributed by atoms with van der Waals surface area (Å²) < 4.78 is 0. The van der Waals surface area contributed by atoms with Crippen molar-refractivity contribution in [2.75, 3.05) is 13.1 Å². The van der Waals surface area contributed by atoms with E-state index < -0.39 is 0 Å². The Kier molecular flexibility index (Phi) is 4.07. The minimum atomic E-state index is -0.163. The smallest absolute Gasteiger partial charge is 0.252 e. The highest BCUT2D eigenvalue weighted by Gasteiger charge is 2.09. The molecule has 0 fully saturated rings. The number of fused-ring (bicyclic) bond motifs is 1. The molecule has 1 aromatic carbocycles. The second-order valence-corrected chi connectivity index (χ2v) is 4.11.